The predicted octanol–water partition coefficient (Wildman–Crippen LogP) is 4.08. The van der Waals surface area contributed by atoms with Gasteiger partial charge in [0.05, 0.1) is 0 Å². The second-order valence-corrected chi connectivity index (χ2v) is 4.63. The van der Waals surface area contributed by atoms with Gasteiger partial charge in [-0.2, -0.15) is 0 Å². The number of hydrogen-bond acceptors (Lipinski definition) is 1. The van der Waals surface area contributed by atoms with Crippen molar-refractivity contribution in [2.45, 2.75) is 60.3 Å². The van der Waals surface area contributed by atoms with Crippen LogP contribution >= 0.6 is 0 Å². The molecule has 92 valence electrons. The first-order valence-corrected chi connectivity index (χ1v) is 6.98. The number of hydrogen-bond donors (Lipinski definition) is 1. The Hall–Kier alpha value is -0.0400. The van der Waals surface area contributed by atoms with Crippen molar-refractivity contribution in [3.8, 4) is 0 Å². The van der Waals surface area contributed by atoms with Gasteiger partial charge in [0.1, 0.15) is 0 Å². The fourth-order valence-electron chi connectivity index (χ4n) is 2.50. The largest absolute Gasteiger partial charge is 0.317 e. The summed E-state index contributed by atoms with van der Waals surface area (Å²) in [5.41, 5.74) is 0. The molecular weight excluding hydrogens is 182 g/mol. The zero-order chi connectivity index (χ0) is 11.7. The van der Waals surface area contributed by atoms with Crippen LogP contribution in [-0.2, 0) is 0 Å². The van der Waals surface area contributed by atoms with Crippen LogP contribution in [0.25, 0.3) is 0 Å². The monoisotopic (exact) mass is 213 g/mol. The molecule has 1 rings (SSSR count). The summed E-state index contributed by atoms with van der Waals surface area (Å²) in [6, 6.07) is 0. The molecule has 0 heterocycles. The van der Waals surface area contributed by atoms with E-state index in [9.17, 15) is 0 Å². The van der Waals surface area contributed by atoms with Crippen LogP contribution < -0.4 is 5.32 Å². The van der Waals surface area contributed by atoms with Crippen molar-refractivity contribution in [1.82, 2.24) is 5.32 Å². The summed E-state index contributed by atoms with van der Waals surface area (Å²) >= 11 is 0. The molecule has 0 aromatic carbocycles. The fourth-order valence-corrected chi connectivity index (χ4v) is 2.50. The van der Waals surface area contributed by atoms with Crippen molar-refractivity contribution < 1.29 is 0 Å². The maximum Gasteiger partial charge on any atom is -0.00180 e. The molecule has 0 radical (unpaired) electrons. The summed E-state index contributed by atoms with van der Waals surface area (Å²) in [6.45, 7) is 13.3. The lowest BCUT2D eigenvalue weighted by Crippen LogP contribution is -2.32. The van der Waals surface area contributed by atoms with E-state index < -0.39 is 0 Å². The number of nitrogens with one attached hydrogen (secondary N) is 1. The minimum atomic E-state index is 0.943. The second kappa shape index (κ2) is 9.21. The van der Waals surface area contributed by atoms with Crippen LogP contribution in [0.3, 0.4) is 0 Å². The molecule has 0 amide bonds. The molecule has 15 heavy (non-hydrogen) atoms. The van der Waals surface area contributed by atoms with Crippen LogP contribution in [0.1, 0.15) is 60.3 Å². The van der Waals surface area contributed by atoms with Gasteiger partial charge in [-0.25, -0.2) is 0 Å². The third-order valence-electron chi connectivity index (χ3n) is 3.70. The Balaban J connectivity index is 0.000000921. The van der Waals surface area contributed by atoms with Crippen LogP contribution in [0.4, 0.5) is 0 Å². The SMILES string of the molecule is CC.CCNCC1CC(CC)CCC1C. The molecule has 3 unspecified atom stereocenters. The second-order valence-electron chi connectivity index (χ2n) is 4.63. The first kappa shape index (κ1) is 15.0. The Bertz CT molecular complexity index is 133. The molecule has 1 heteroatoms. The average molecular weight is 213 g/mol. The molecule has 0 aliphatic heterocycles. The molecule has 0 saturated heterocycles. The molecule has 0 spiro atoms. The summed E-state index contributed by atoms with van der Waals surface area (Å²) < 4.78 is 0. The van der Waals surface area contributed by atoms with Gasteiger partial charge in [0.25, 0.3) is 0 Å². The lowest BCUT2D eigenvalue weighted by molar-refractivity contribution is 0.186. The van der Waals surface area contributed by atoms with Gasteiger partial charge >= 0.3 is 0 Å². The Morgan fingerprint density at radius 1 is 1.13 bits per heavy atom. The van der Waals surface area contributed by atoms with Gasteiger partial charge < -0.3 is 5.32 Å². The lowest BCUT2D eigenvalue weighted by atomic mass is 9.74. The van der Waals surface area contributed by atoms with Gasteiger partial charge in [-0.1, -0.05) is 53.9 Å². The Morgan fingerprint density at radius 2 is 1.80 bits per heavy atom. The van der Waals surface area contributed by atoms with Crippen molar-refractivity contribution in [2.24, 2.45) is 17.8 Å². The van der Waals surface area contributed by atoms with Crippen molar-refractivity contribution >= 4 is 0 Å². The fraction of sp³-hybridized carbons (Fsp3) is 1.00. The summed E-state index contributed by atoms with van der Waals surface area (Å²) in [4.78, 5) is 0. The highest BCUT2D eigenvalue weighted by molar-refractivity contribution is 4.78. The third-order valence-corrected chi connectivity index (χ3v) is 3.70. The van der Waals surface area contributed by atoms with E-state index in [1.165, 1.54) is 32.2 Å². The molecule has 0 bridgehead atoms. The minimum Gasteiger partial charge on any atom is -0.317 e. The van der Waals surface area contributed by atoms with Crippen LogP contribution in [0.2, 0.25) is 0 Å². The Labute approximate surface area is 97.0 Å². The van der Waals surface area contributed by atoms with Crippen LogP contribution in [0.15, 0.2) is 0 Å². The molecule has 1 aliphatic carbocycles. The maximum absolute atomic E-state index is 3.49. The standard InChI is InChI=1S/C12H25N.C2H6/c1-4-11-7-6-10(3)12(8-11)9-13-5-2;1-2/h10-13H,4-9H2,1-3H3;1-2H3. The lowest BCUT2D eigenvalue weighted by Gasteiger charge is -2.34. The van der Waals surface area contributed by atoms with E-state index in [0.29, 0.717) is 0 Å². The van der Waals surface area contributed by atoms with Crippen molar-refractivity contribution in [1.29, 1.82) is 0 Å². The van der Waals surface area contributed by atoms with Gasteiger partial charge in [0.15, 0.2) is 0 Å². The van der Waals surface area contributed by atoms with Crippen molar-refractivity contribution in [3.63, 3.8) is 0 Å². The van der Waals surface area contributed by atoms with Crippen LogP contribution in [0, 0.1) is 17.8 Å². The van der Waals surface area contributed by atoms with E-state index in [1.807, 2.05) is 13.8 Å². The van der Waals surface area contributed by atoms with Crippen molar-refractivity contribution in [2.75, 3.05) is 13.1 Å². The van der Waals surface area contributed by atoms with Gasteiger partial charge in [-0.3, -0.25) is 0 Å². The quantitative estimate of drug-likeness (QED) is 0.742. The molecular formula is C14H31N. The molecule has 0 aromatic rings. The van der Waals surface area contributed by atoms with Gasteiger partial charge in [-0.05, 0) is 37.3 Å². The molecule has 1 nitrogen and oxygen atoms in total. The van der Waals surface area contributed by atoms with Gasteiger partial charge in [0, 0.05) is 0 Å². The highest BCUT2D eigenvalue weighted by atomic mass is 14.8. The summed E-state index contributed by atoms with van der Waals surface area (Å²) in [5, 5.41) is 3.49. The van der Waals surface area contributed by atoms with E-state index in [4.69, 9.17) is 0 Å². The zero-order valence-electron chi connectivity index (χ0n) is 11.5. The summed E-state index contributed by atoms with van der Waals surface area (Å²) in [5.74, 6) is 2.90. The topological polar surface area (TPSA) is 12.0 Å². The van der Waals surface area contributed by atoms with E-state index in [0.717, 1.165) is 24.3 Å². The first-order chi connectivity index (χ1) is 7.27. The number of rotatable bonds is 4. The Kier molecular flexibility index (Phi) is 9.18. The van der Waals surface area contributed by atoms with E-state index >= 15 is 0 Å². The Morgan fingerprint density at radius 3 is 2.33 bits per heavy atom. The van der Waals surface area contributed by atoms with Gasteiger partial charge in [-0.15, -0.1) is 0 Å². The predicted molar refractivity (Wildman–Crippen MR) is 70.2 cm³/mol. The third kappa shape index (κ3) is 5.55. The van der Waals surface area contributed by atoms with E-state index in [1.54, 1.807) is 0 Å². The molecule has 3 atom stereocenters. The normalized spacial score (nSPS) is 30.6. The van der Waals surface area contributed by atoms with E-state index in [2.05, 4.69) is 26.1 Å². The van der Waals surface area contributed by atoms with Crippen molar-refractivity contribution in [3.05, 3.63) is 0 Å². The summed E-state index contributed by atoms with van der Waals surface area (Å²) in [7, 11) is 0. The molecule has 1 N–H and O–H groups in total. The van der Waals surface area contributed by atoms with Crippen LogP contribution in [-0.4, -0.2) is 13.1 Å². The summed E-state index contributed by atoms with van der Waals surface area (Å²) in [6.07, 6.45) is 5.77. The highest BCUT2D eigenvalue weighted by Gasteiger charge is 2.25. The first-order valence-electron chi connectivity index (χ1n) is 6.98. The molecule has 1 aliphatic rings. The smallest absolute Gasteiger partial charge is 0.00180 e. The zero-order valence-corrected chi connectivity index (χ0v) is 11.5. The molecule has 1 fully saturated rings. The minimum absolute atomic E-state index is 0.943. The maximum atomic E-state index is 3.49. The van der Waals surface area contributed by atoms with E-state index in [-0.39, 0.29) is 0 Å². The molecule has 1 saturated carbocycles. The molecule has 0 aromatic heterocycles. The highest BCUT2D eigenvalue weighted by Crippen LogP contribution is 2.34. The van der Waals surface area contributed by atoms with Crippen LogP contribution in [0.5, 0.6) is 0 Å². The average Bonchev–Trinajstić information content (AvgIpc) is 2.31. The van der Waals surface area contributed by atoms with Gasteiger partial charge in [0.2, 0.25) is 0 Å².